The Hall–Kier alpha value is -0.970. The second kappa shape index (κ2) is 4.91. The zero-order valence-electron chi connectivity index (χ0n) is 8.85. The third kappa shape index (κ3) is 2.58. The van der Waals surface area contributed by atoms with Crippen molar-refractivity contribution in [3.63, 3.8) is 0 Å². The van der Waals surface area contributed by atoms with Crippen LogP contribution in [0.15, 0.2) is 24.3 Å². The molecule has 0 aliphatic rings. The first kappa shape index (κ1) is 11.5. The summed E-state index contributed by atoms with van der Waals surface area (Å²) in [4.78, 5) is 1.04. The van der Waals surface area contributed by atoms with Crippen molar-refractivity contribution in [2.75, 3.05) is 0 Å². The lowest BCUT2D eigenvalue weighted by Gasteiger charge is -2.09. The Morgan fingerprint density at radius 2 is 2.31 bits per heavy atom. The smallest absolute Gasteiger partial charge is 0.0772 e. The van der Waals surface area contributed by atoms with Gasteiger partial charge in [0, 0.05) is 11.1 Å². The van der Waals surface area contributed by atoms with Crippen molar-refractivity contribution in [3.05, 3.63) is 45.4 Å². The van der Waals surface area contributed by atoms with E-state index in [9.17, 15) is 0 Å². The van der Waals surface area contributed by atoms with Crippen molar-refractivity contribution < 1.29 is 0 Å². The van der Waals surface area contributed by atoms with Gasteiger partial charge in [-0.1, -0.05) is 28.2 Å². The Labute approximate surface area is 103 Å². The highest BCUT2D eigenvalue weighted by Gasteiger charge is 2.13. The Bertz CT molecular complexity index is 484. The van der Waals surface area contributed by atoms with Crippen molar-refractivity contribution in [2.24, 2.45) is 5.73 Å². The van der Waals surface area contributed by atoms with Gasteiger partial charge < -0.3 is 5.73 Å². The van der Waals surface area contributed by atoms with E-state index in [-0.39, 0.29) is 6.04 Å². The predicted octanol–water partition coefficient (Wildman–Crippen LogP) is 2.74. The molecule has 1 aromatic heterocycles. The third-order valence-corrected chi connectivity index (χ3v) is 3.56. The lowest BCUT2D eigenvalue weighted by molar-refractivity contribution is 0.728. The fourth-order valence-corrected chi connectivity index (χ4v) is 2.44. The minimum Gasteiger partial charge on any atom is -0.323 e. The topological polar surface area (TPSA) is 51.8 Å². The number of halogens is 1. The highest BCUT2D eigenvalue weighted by atomic mass is 35.5. The average molecular weight is 254 g/mol. The van der Waals surface area contributed by atoms with E-state index < -0.39 is 0 Å². The van der Waals surface area contributed by atoms with Gasteiger partial charge in [0.15, 0.2) is 0 Å². The number of hydrogen-bond acceptors (Lipinski definition) is 4. The van der Waals surface area contributed by atoms with Crippen LogP contribution in [0.25, 0.3) is 0 Å². The Morgan fingerprint density at radius 3 is 2.94 bits per heavy atom. The van der Waals surface area contributed by atoms with Crippen LogP contribution in [-0.4, -0.2) is 9.59 Å². The van der Waals surface area contributed by atoms with Crippen LogP contribution >= 0.6 is 23.1 Å². The summed E-state index contributed by atoms with van der Waals surface area (Å²) in [6.07, 6.45) is 0.755. The third-order valence-electron chi connectivity index (χ3n) is 2.37. The molecule has 1 atom stereocenters. The van der Waals surface area contributed by atoms with Gasteiger partial charge in [-0.3, -0.25) is 0 Å². The highest BCUT2D eigenvalue weighted by Crippen LogP contribution is 2.22. The normalized spacial score (nSPS) is 12.7. The molecule has 5 heteroatoms. The maximum Gasteiger partial charge on any atom is 0.0772 e. The number of rotatable bonds is 3. The van der Waals surface area contributed by atoms with Crippen LogP contribution in [0.4, 0.5) is 0 Å². The molecule has 2 N–H and O–H groups in total. The number of nitrogens with two attached hydrogens (primary N) is 1. The van der Waals surface area contributed by atoms with Crippen LogP contribution in [0.2, 0.25) is 5.02 Å². The molecule has 0 aliphatic heterocycles. The largest absolute Gasteiger partial charge is 0.323 e. The Kier molecular flexibility index (Phi) is 3.53. The molecule has 0 fully saturated rings. The molecule has 2 aromatic rings. The van der Waals surface area contributed by atoms with Gasteiger partial charge in [0.1, 0.15) is 0 Å². The molecule has 0 radical (unpaired) electrons. The highest BCUT2D eigenvalue weighted by molar-refractivity contribution is 7.05. The van der Waals surface area contributed by atoms with Gasteiger partial charge in [-0.05, 0) is 42.6 Å². The van der Waals surface area contributed by atoms with E-state index in [2.05, 4.69) is 9.59 Å². The summed E-state index contributed by atoms with van der Waals surface area (Å²) >= 11 is 7.28. The van der Waals surface area contributed by atoms with E-state index in [1.54, 1.807) is 0 Å². The second-order valence-corrected chi connectivity index (χ2v) is 4.89. The molecule has 0 amide bonds. The van der Waals surface area contributed by atoms with Crippen molar-refractivity contribution in [2.45, 2.75) is 19.4 Å². The van der Waals surface area contributed by atoms with E-state index in [0.29, 0.717) is 0 Å². The van der Waals surface area contributed by atoms with Crippen molar-refractivity contribution >= 4 is 23.1 Å². The lowest BCUT2D eigenvalue weighted by atomic mass is 10.0. The van der Waals surface area contributed by atoms with Gasteiger partial charge in [-0.2, -0.15) is 0 Å². The van der Waals surface area contributed by atoms with Gasteiger partial charge in [-0.25, -0.2) is 0 Å². The van der Waals surface area contributed by atoms with E-state index >= 15 is 0 Å². The summed E-state index contributed by atoms with van der Waals surface area (Å²) in [5.41, 5.74) is 8.16. The predicted molar refractivity (Wildman–Crippen MR) is 66.7 cm³/mol. The monoisotopic (exact) mass is 253 g/mol. The fourth-order valence-electron chi connectivity index (χ4n) is 1.59. The first-order chi connectivity index (χ1) is 7.66. The molecule has 1 aromatic carbocycles. The zero-order valence-corrected chi connectivity index (χ0v) is 10.4. The average Bonchev–Trinajstić information content (AvgIpc) is 2.64. The van der Waals surface area contributed by atoms with E-state index in [1.165, 1.54) is 11.5 Å². The Morgan fingerprint density at radius 1 is 1.50 bits per heavy atom. The molecule has 2 rings (SSSR count). The minimum atomic E-state index is -0.0570. The summed E-state index contributed by atoms with van der Waals surface area (Å²) in [6, 6.07) is 7.69. The quantitative estimate of drug-likeness (QED) is 0.915. The van der Waals surface area contributed by atoms with Crippen molar-refractivity contribution in [1.82, 2.24) is 9.59 Å². The fraction of sp³-hybridized carbons (Fsp3) is 0.273. The summed E-state index contributed by atoms with van der Waals surface area (Å²) < 4.78 is 3.89. The van der Waals surface area contributed by atoms with Crippen LogP contribution in [-0.2, 0) is 6.42 Å². The summed E-state index contributed by atoms with van der Waals surface area (Å²) in [6.45, 7) is 1.93. The van der Waals surface area contributed by atoms with E-state index in [4.69, 9.17) is 17.3 Å². The van der Waals surface area contributed by atoms with E-state index in [1.807, 2.05) is 31.2 Å². The van der Waals surface area contributed by atoms with Gasteiger partial charge in [0.25, 0.3) is 0 Å². The second-order valence-electron chi connectivity index (χ2n) is 3.66. The van der Waals surface area contributed by atoms with Crippen molar-refractivity contribution in [1.29, 1.82) is 0 Å². The minimum absolute atomic E-state index is 0.0570. The van der Waals surface area contributed by atoms with Crippen LogP contribution < -0.4 is 5.73 Å². The van der Waals surface area contributed by atoms with Crippen molar-refractivity contribution in [3.8, 4) is 0 Å². The van der Waals surface area contributed by atoms with Gasteiger partial charge in [0.05, 0.1) is 10.6 Å². The summed E-state index contributed by atoms with van der Waals surface area (Å²) in [5, 5.41) is 4.70. The first-order valence-electron chi connectivity index (χ1n) is 4.95. The number of aromatic nitrogens is 2. The molecule has 84 valence electrons. The number of aryl methyl sites for hydroxylation is 1. The lowest BCUT2D eigenvalue weighted by Crippen LogP contribution is -2.13. The van der Waals surface area contributed by atoms with Gasteiger partial charge >= 0.3 is 0 Å². The molecule has 0 saturated heterocycles. The SMILES string of the molecule is Cc1nnsc1C(N)Cc1cccc(Cl)c1. The molecule has 0 saturated carbocycles. The molecule has 1 unspecified atom stereocenters. The molecule has 0 bridgehead atoms. The first-order valence-corrected chi connectivity index (χ1v) is 6.11. The summed E-state index contributed by atoms with van der Waals surface area (Å²) in [7, 11) is 0. The molecule has 0 aliphatic carbocycles. The molecule has 3 nitrogen and oxygen atoms in total. The van der Waals surface area contributed by atoms with Gasteiger partial charge in [0.2, 0.25) is 0 Å². The van der Waals surface area contributed by atoms with Crippen LogP contribution in [0, 0.1) is 6.92 Å². The Balaban J connectivity index is 2.14. The summed E-state index contributed by atoms with van der Waals surface area (Å²) in [5.74, 6) is 0. The van der Waals surface area contributed by atoms with Crippen LogP contribution in [0.5, 0.6) is 0 Å². The maximum atomic E-state index is 6.11. The number of hydrogen-bond donors (Lipinski definition) is 1. The molecule has 16 heavy (non-hydrogen) atoms. The van der Waals surface area contributed by atoms with E-state index in [0.717, 1.165) is 27.6 Å². The molecular weight excluding hydrogens is 242 g/mol. The van der Waals surface area contributed by atoms with Crippen LogP contribution in [0.1, 0.15) is 22.2 Å². The van der Waals surface area contributed by atoms with Gasteiger partial charge in [-0.15, -0.1) is 5.10 Å². The standard InChI is InChI=1S/C11H12ClN3S/c1-7-11(16-15-14-7)10(13)6-8-3-2-4-9(12)5-8/h2-5,10H,6,13H2,1H3. The maximum absolute atomic E-state index is 6.11. The molecule has 0 spiro atoms. The number of benzene rings is 1. The zero-order chi connectivity index (χ0) is 11.5. The number of nitrogens with zero attached hydrogens (tertiary/aromatic N) is 2. The molecule has 1 heterocycles. The van der Waals surface area contributed by atoms with Crippen LogP contribution in [0.3, 0.4) is 0 Å². The molecular formula is C11H12ClN3S.